The van der Waals surface area contributed by atoms with Crippen LogP contribution in [0.4, 0.5) is 0 Å². The summed E-state index contributed by atoms with van der Waals surface area (Å²) >= 11 is 0. The minimum Gasteiger partial charge on any atom is -0.383 e. The van der Waals surface area contributed by atoms with E-state index in [0.29, 0.717) is 16.5 Å². The molecule has 2 aromatic carbocycles. The second-order valence-electron chi connectivity index (χ2n) is 6.45. The number of hydrogen-bond acceptors (Lipinski definition) is 6. The second-order valence-corrected chi connectivity index (χ2v) is 8.38. The summed E-state index contributed by atoms with van der Waals surface area (Å²) in [4.78, 5) is 31.0. The van der Waals surface area contributed by atoms with Gasteiger partial charge in [-0.1, -0.05) is 24.3 Å². The molecule has 1 N–H and O–H groups in total. The molecule has 0 aliphatic heterocycles. The van der Waals surface area contributed by atoms with Gasteiger partial charge in [-0.2, -0.15) is 4.31 Å². The molecule has 0 aliphatic rings. The molecule has 0 saturated heterocycles. The van der Waals surface area contributed by atoms with Crippen LogP contribution < -0.4 is 5.56 Å². The summed E-state index contributed by atoms with van der Waals surface area (Å²) in [6.07, 6.45) is 0. The molecular formula is C20H21N3O5S. The number of H-pyrrole nitrogens is 1. The first-order valence-electron chi connectivity index (χ1n) is 8.91. The van der Waals surface area contributed by atoms with E-state index in [1.165, 1.54) is 36.5 Å². The van der Waals surface area contributed by atoms with Gasteiger partial charge in [0.2, 0.25) is 10.0 Å². The van der Waals surface area contributed by atoms with E-state index in [9.17, 15) is 18.0 Å². The quantitative estimate of drug-likeness (QED) is 0.563. The van der Waals surface area contributed by atoms with E-state index in [1.807, 2.05) is 0 Å². The number of ether oxygens (including phenoxy) is 1. The Kier molecular flexibility index (Phi) is 6.21. The van der Waals surface area contributed by atoms with Crippen LogP contribution in [0.3, 0.4) is 0 Å². The van der Waals surface area contributed by atoms with Gasteiger partial charge in [0.25, 0.3) is 5.56 Å². The molecule has 29 heavy (non-hydrogen) atoms. The zero-order chi connectivity index (χ0) is 21.0. The van der Waals surface area contributed by atoms with Crippen LogP contribution in [0, 0.1) is 0 Å². The van der Waals surface area contributed by atoms with Gasteiger partial charge in [0.15, 0.2) is 5.78 Å². The van der Waals surface area contributed by atoms with Crippen molar-refractivity contribution in [3.05, 3.63) is 70.3 Å². The maximum Gasteiger partial charge on any atom is 0.258 e. The van der Waals surface area contributed by atoms with Gasteiger partial charge < -0.3 is 9.72 Å². The van der Waals surface area contributed by atoms with Crippen molar-refractivity contribution in [1.82, 2.24) is 14.3 Å². The van der Waals surface area contributed by atoms with Crippen molar-refractivity contribution in [1.29, 1.82) is 0 Å². The van der Waals surface area contributed by atoms with Crippen LogP contribution in [-0.2, 0) is 21.3 Å². The van der Waals surface area contributed by atoms with Gasteiger partial charge in [-0.3, -0.25) is 9.59 Å². The summed E-state index contributed by atoms with van der Waals surface area (Å²) in [5.74, 6) is -0.0119. The third-order valence-electron chi connectivity index (χ3n) is 4.41. The third kappa shape index (κ3) is 4.58. The summed E-state index contributed by atoms with van der Waals surface area (Å²) in [5.41, 5.74) is 0.442. The molecule has 0 bridgehead atoms. The molecular weight excluding hydrogens is 394 g/mol. The molecule has 8 nitrogen and oxygen atoms in total. The zero-order valence-corrected chi connectivity index (χ0v) is 16.9. The number of Topliss-reactive ketones (excluding diaryl/α,β-unsaturated/α-hetero) is 1. The number of para-hydroxylation sites is 1. The Bertz CT molecular complexity index is 1200. The maximum absolute atomic E-state index is 13.2. The monoisotopic (exact) mass is 415 g/mol. The number of ketones is 1. The summed E-state index contributed by atoms with van der Waals surface area (Å²) in [7, 11) is -2.49. The molecule has 0 radical (unpaired) electrons. The molecule has 1 heterocycles. The number of nitrogens with zero attached hydrogens (tertiary/aromatic N) is 2. The molecule has 0 atom stereocenters. The molecule has 3 aromatic rings. The van der Waals surface area contributed by atoms with Crippen LogP contribution in [0.1, 0.15) is 23.1 Å². The van der Waals surface area contributed by atoms with Crippen LogP contribution in [-0.4, -0.2) is 48.7 Å². The average molecular weight is 415 g/mol. The molecule has 0 amide bonds. The van der Waals surface area contributed by atoms with E-state index in [-0.39, 0.29) is 41.8 Å². The Morgan fingerprint density at radius 2 is 1.93 bits per heavy atom. The normalized spacial score (nSPS) is 11.8. The first-order valence-corrected chi connectivity index (χ1v) is 10.3. The van der Waals surface area contributed by atoms with Crippen molar-refractivity contribution < 1.29 is 17.9 Å². The fourth-order valence-corrected chi connectivity index (χ4v) is 4.31. The van der Waals surface area contributed by atoms with Gasteiger partial charge in [-0.05, 0) is 31.2 Å². The highest BCUT2D eigenvalue weighted by atomic mass is 32.2. The Morgan fingerprint density at radius 3 is 2.66 bits per heavy atom. The molecule has 9 heteroatoms. The van der Waals surface area contributed by atoms with E-state index in [2.05, 4.69) is 9.97 Å². The van der Waals surface area contributed by atoms with E-state index in [0.717, 1.165) is 0 Å². The van der Waals surface area contributed by atoms with E-state index >= 15 is 0 Å². The highest BCUT2D eigenvalue weighted by Gasteiger charge is 2.26. The zero-order valence-electron chi connectivity index (χ0n) is 16.1. The van der Waals surface area contributed by atoms with Gasteiger partial charge in [-0.25, -0.2) is 13.4 Å². The van der Waals surface area contributed by atoms with E-state index in [4.69, 9.17) is 4.74 Å². The Labute approximate surface area is 168 Å². The van der Waals surface area contributed by atoms with Crippen LogP contribution in [0.5, 0.6) is 0 Å². The van der Waals surface area contributed by atoms with Gasteiger partial charge in [0, 0.05) is 19.2 Å². The largest absolute Gasteiger partial charge is 0.383 e. The van der Waals surface area contributed by atoms with Crippen molar-refractivity contribution in [3.63, 3.8) is 0 Å². The molecule has 152 valence electrons. The molecule has 3 rings (SSSR count). The predicted octanol–water partition coefficient (Wildman–Crippen LogP) is 1.96. The average Bonchev–Trinajstić information content (AvgIpc) is 2.71. The molecule has 0 spiro atoms. The summed E-state index contributed by atoms with van der Waals surface area (Å²) in [6, 6.07) is 12.7. The van der Waals surface area contributed by atoms with Crippen molar-refractivity contribution >= 4 is 26.7 Å². The lowest BCUT2D eigenvalue weighted by Gasteiger charge is -2.21. The lowest BCUT2D eigenvalue weighted by Crippen LogP contribution is -2.34. The first-order chi connectivity index (χ1) is 13.8. The Hall–Kier alpha value is -2.88. The van der Waals surface area contributed by atoms with Crippen LogP contribution in [0.25, 0.3) is 10.9 Å². The lowest BCUT2D eigenvalue weighted by molar-refractivity contribution is 0.101. The van der Waals surface area contributed by atoms with Gasteiger partial charge >= 0.3 is 0 Å². The Balaban J connectivity index is 2.01. The van der Waals surface area contributed by atoms with Gasteiger partial charge in [-0.15, -0.1) is 0 Å². The summed E-state index contributed by atoms with van der Waals surface area (Å²) < 4.78 is 32.6. The standard InChI is InChI=1S/C20H21N3O5S/c1-14(24)15-6-5-7-16(12-15)29(26,27)23(10-11-28-2)13-19-21-18-9-4-3-8-17(18)20(25)22-19/h3-9,12H,10-11,13H2,1-2H3,(H,21,22,25). The first kappa shape index (κ1) is 20.8. The topological polar surface area (TPSA) is 109 Å². The molecule has 0 saturated carbocycles. The van der Waals surface area contributed by atoms with Crippen molar-refractivity contribution in [2.45, 2.75) is 18.4 Å². The van der Waals surface area contributed by atoms with E-state index in [1.54, 1.807) is 30.3 Å². The van der Waals surface area contributed by atoms with Crippen molar-refractivity contribution in [2.75, 3.05) is 20.3 Å². The lowest BCUT2D eigenvalue weighted by atomic mass is 10.2. The van der Waals surface area contributed by atoms with Crippen molar-refractivity contribution in [3.8, 4) is 0 Å². The predicted molar refractivity (Wildman–Crippen MR) is 108 cm³/mol. The van der Waals surface area contributed by atoms with Crippen LogP contribution >= 0.6 is 0 Å². The number of hydrogen-bond donors (Lipinski definition) is 1. The second kappa shape index (κ2) is 8.64. The van der Waals surface area contributed by atoms with Crippen molar-refractivity contribution in [2.24, 2.45) is 0 Å². The molecule has 0 fully saturated rings. The number of sulfonamides is 1. The smallest absolute Gasteiger partial charge is 0.258 e. The van der Waals surface area contributed by atoms with Gasteiger partial charge in [0.1, 0.15) is 5.82 Å². The minimum atomic E-state index is -3.95. The number of carbonyl (C=O) groups excluding carboxylic acids is 1. The highest BCUT2D eigenvalue weighted by Crippen LogP contribution is 2.19. The fraction of sp³-hybridized carbons (Fsp3) is 0.250. The summed E-state index contributed by atoms with van der Waals surface area (Å²) in [5, 5.41) is 0.428. The highest BCUT2D eigenvalue weighted by molar-refractivity contribution is 7.89. The number of aromatic amines is 1. The third-order valence-corrected chi connectivity index (χ3v) is 6.25. The molecule has 1 aromatic heterocycles. The van der Waals surface area contributed by atoms with Crippen LogP contribution in [0.2, 0.25) is 0 Å². The maximum atomic E-state index is 13.2. The van der Waals surface area contributed by atoms with E-state index < -0.39 is 10.0 Å². The molecule has 0 unspecified atom stereocenters. The van der Waals surface area contributed by atoms with Gasteiger partial charge in [0.05, 0.1) is 29.0 Å². The minimum absolute atomic E-state index is 0.00978. The number of methoxy groups -OCH3 is 1. The number of fused-ring (bicyclic) bond motifs is 1. The summed E-state index contributed by atoms with van der Waals surface area (Å²) in [6.45, 7) is 1.44. The number of rotatable bonds is 8. The van der Waals surface area contributed by atoms with Crippen LogP contribution in [0.15, 0.2) is 58.2 Å². The number of nitrogens with one attached hydrogen (secondary N) is 1. The number of aromatic nitrogens is 2. The fourth-order valence-electron chi connectivity index (χ4n) is 2.88. The number of carbonyl (C=O) groups is 1. The SMILES string of the molecule is COCCN(Cc1nc2ccccc2c(=O)[nH]1)S(=O)(=O)c1cccc(C(C)=O)c1. The Morgan fingerprint density at radius 1 is 1.17 bits per heavy atom. The number of benzene rings is 2. The molecule has 0 aliphatic carbocycles.